The molecule has 0 saturated carbocycles. The van der Waals surface area contributed by atoms with Crippen LogP contribution < -0.4 is 10.6 Å². The van der Waals surface area contributed by atoms with Gasteiger partial charge in [-0.25, -0.2) is 4.98 Å². The van der Waals surface area contributed by atoms with Crippen molar-refractivity contribution in [2.75, 3.05) is 61.3 Å². The summed E-state index contributed by atoms with van der Waals surface area (Å²) in [5.41, 5.74) is 4.76. The standard InChI is InChI=1S/C65H89N7O7S2/c1-14-45(6)58(71(11)64(77)56(43(2)3)68-61(75)57(44(4)5)69(8)9)54(78-12)41-55(73)72-37-27-36-53(72)59(79-13)46(7)60(74)66-51(40-47-28-19-15-20-29-47)62-67-52(42-80-62)63(76)70(10)38-39-81-65(48-30-21-16-22-31-48,49-32-23-17-24-33-49)50-34-25-18-26-35-50/h15-26,28-35,42-46,51,53-54,56-59H,14,27,36-41H2,1-13H3,(H,66,74)(H,68,75)/t45-,46+,51-,53?,54+,56?,57?,58-,59+/m0/s1. The average molecular weight is 1140 g/mol. The Morgan fingerprint density at radius 3 is 1.80 bits per heavy atom. The van der Waals surface area contributed by atoms with Gasteiger partial charge in [-0.3, -0.25) is 28.9 Å². The Hall–Kier alpha value is -5.91. The molecular formula is C65H89N7O7S2. The van der Waals surface area contributed by atoms with Gasteiger partial charge in [0, 0.05) is 52.5 Å². The SMILES string of the molecule is CC[C@H](C)[C@@H]([C@@H](CC(=O)N1CCCC1[C@H](OC)[C@@H](C)C(=O)N[C@@H](Cc1ccccc1)c1nc(C(=O)N(C)CCSC(c2ccccc2)(c2ccccc2)c2ccccc2)cs1)OC)N(C)C(=O)C(NC(=O)C(C(C)C)N(C)C)C(C)C. The van der Waals surface area contributed by atoms with Gasteiger partial charge in [-0.2, -0.15) is 0 Å². The third-order valence-corrected chi connectivity index (χ3v) is 18.7. The number of amides is 5. The molecule has 1 saturated heterocycles. The van der Waals surface area contributed by atoms with Crippen LogP contribution in [0.25, 0.3) is 0 Å². The van der Waals surface area contributed by atoms with Crippen LogP contribution in [0.3, 0.4) is 0 Å². The summed E-state index contributed by atoms with van der Waals surface area (Å²) in [5, 5.41) is 8.75. The van der Waals surface area contributed by atoms with Gasteiger partial charge < -0.3 is 34.8 Å². The van der Waals surface area contributed by atoms with Gasteiger partial charge >= 0.3 is 0 Å². The number of likely N-dealkylation sites (N-methyl/N-ethyl adjacent to an activating group) is 2. The number of thioether (sulfide) groups is 1. The van der Waals surface area contributed by atoms with Crippen molar-refractivity contribution < 1.29 is 33.4 Å². The van der Waals surface area contributed by atoms with Gasteiger partial charge in [0.1, 0.15) is 16.7 Å². The summed E-state index contributed by atoms with van der Waals surface area (Å²) in [4.78, 5) is 83.7. The minimum Gasteiger partial charge on any atom is -0.379 e. The maximum atomic E-state index is 14.7. The minimum atomic E-state index is -0.788. The van der Waals surface area contributed by atoms with Crippen LogP contribution >= 0.6 is 23.1 Å². The van der Waals surface area contributed by atoms with Gasteiger partial charge in [-0.05, 0) is 73.4 Å². The molecule has 16 heteroatoms. The number of likely N-dealkylation sites (tertiary alicyclic amines) is 1. The van der Waals surface area contributed by atoms with Crippen LogP contribution in [0.2, 0.25) is 0 Å². The lowest BCUT2D eigenvalue weighted by Gasteiger charge is -2.41. The fourth-order valence-electron chi connectivity index (χ4n) is 11.7. The largest absolute Gasteiger partial charge is 0.379 e. The van der Waals surface area contributed by atoms with Crippen molar-refractivity contribution in [1.82, 2.24) is 35.2 Å². The van der Waals surface area contributed by atoms with Crippen molar-refractivity contribution in [3.8, 4) is 0 Å². The highest BCUT2D eigenvalue weighted by atomic mass is 32.2. The third kappa shape index (κ3) is 15.8. The lowest BCUT2D eigenvalue weighted by Crippen LogP contribution is -2.59. The first kappa shape index (κ1) is 64.3. The van der Waals surface area contributed by atoms with Crippen molar-refractivity contribution >= 4 is 52.6 Å². The van der Waals surface area contributed by atoms with E-state index in [1.54, 1.807) is 48.2 Å². The Kier molecular flexibility index (Phi) is 24.1. The number of thiazole rings is 1. The number of carbonyl (C=O) groups is 5. The van der Waals surface area contributed by atoms with Gasteiger partial charge in [0.25, 0.3) is 5.91 Å². The van der Waals surface area contributed by atoms with Crippen molar-refractivity contribution in [3.05, 3.63) is 160 Å². The first-order valence-corrected chi connectivity index (χ1v) is 30.6. The average Bonchev–Trinajstić information content (AvgIpc) is 4.28. The molecule has 14 nitrogen and oxygen atoms in total. The van der Waals surface area contributed by atoms with Crippen LogP contribution in [-0.2, 0) is 39.8 Å². The number of carbonyl (C=O) groups excluding carboxylic acids is 5. The van der Waals surface area contributed by atoms with Gasteiger partial charge in [0.15, 0.2) is 0 Å². The lowest BCUT2D eigenvalue weighted by atomic mass is 9.84. The number of nitrogens with zero attached hydrogens (tertiary/aromatic N) is 5. The predicted octanol–water partition coefficient (Wildman–Crippen LogP) is 9.99. The molecule has 81 heavy (non-hydrogen) atoms. The van der Waals surface area contributed by atoms with E-state index in [0.29, 0.717) is 42.4 Å². The smallest absolute Gasteiger partial charge is 0.273 e. The van der Waals surface area contributed by atoms with Crippen LogP contribution in [0.5, 0.6) is 0 Å². The Morgan fingerprint density at radius 2 is 1.31 bits per heavy atom. The number of ether oxygens (including phenoxy) is 2. The number of rotatable bonds is 29. The molecule has 2 N–H and O–H groups in total. The number of aromatic nitrogens is 1. The van der Waals surface area contributed by atoms with Gasteiger partial charge in [-0.1, -0.05) is 176 Å². The maximum absolute atomic E-state index is 14.7. The highest BCUT2D eigenvalue weighted by molar-refractivity contribution is 8.00. The molecule has 438 valence electrons. The van der Waals surface area contributed by atoms with E-state index in [2.05, 4.69) is 97.3 Å². The second-order valence-corrected chi connectivity index (χ2v) is 24.8. The summed E-state index contributed by atoms with van der Waals surface area (Å²) in [6, 6.07) is 38.8. The van der Waals surface area contributed by atoms with Crippen LogP contribution in [0.1, 0.15) is 118 Å². The highest BCUT2D eigenvalue weighted by Gasteiger charge is 2.44. The molecule has 0 aliphatic carbocycles. The monoisotopic (exact) mass is 1140 g/mol. The quantitative estimate of drug-likeness (QED) is 0.0443. The van der Waals surface area contributed by atoms with Crippen LogP contribution in [0.15, 0.2) is 127 Å². The molecule has 5 amide bonds. The summed E-state index contributed by atoms with van der Waals surface area (Å²) in [6.45, 7) is 14.7. The maximum Gasteiger partial charge on any atom is 0.273 e. The number of hydrogen-bond donors (Lipinski definition) is 2. The zero-order valence-corrected chi connectivity index (χ0v) is 51.7. The second-order valence-electron chi connectivity index (χ2n) is 22.6. The zero-order valence-electron chi connectivity index (χ0n) is 50.0. The van der Waals surface area contributed by atoms with Gasteiger partial charge in [-0.15, -0.1) is 23.1 Å². The molecule has 0 radical (unpaired) electrons. The van der Waals surface area contributed by atoms with Crippen LogP contribution in [0, 0.1) is 23.7 Å². The number of nitrogens with one attached hydrogen (secondary N) is 2. The van der Waals surface area contributed by atoms with Gasteiger partial charge in [0.2, 0.25) is 23.6 Å². The first-order chi connectivity index (χ1) is 38.8. The fourth-order valence-corrected chi connectivity index (χ4v) is 14.1. The molecule has 2 heterocycles. The molecule has 1 fully saturated rings. The normalized spacial score (nSPS) is 16.7. The van der Waals surface area contributed by atoms with Crippen molar-refractivity contribution in [2.45, 2.75) is 128 Å². The van der Waals surface area contributed by atoms with Gasteiger partial charge in [0.05, 0.1) is 53.5 Å². The molecule has 3 unspecified atom stereocenters. The van der Waals surface area contributed by atoms with Crippen molar-refractivity contribution in [2.24, 2.45) is 23.7 Å². The zero-order chi connectivity index (χ0) is 59.0. The summed E-state index contributed by atoms with van der Waals surface area (Å²) in [7, 11) is 10.4. The second kappa shape index (κ2) is 30.4. The summed E-state index contributed by atoms with van der Waals surface area (Å²) >= 11 is 3.14. The summed E-state index contributed by atoms with van der Waals surface area (Å²) in [5.74, 6) is -1.35. The van der Waals surface area contributed by atoms with E-state index in [9.17, 15) is 24.0 Å². The van der Waals surface area contributed by atoms with E-state index in [0.717, 1.165) is 35.1 Å². The highest BCUT2D eigenvalue weighted by Crippen LogP contribution is 2.48. The summed E-state index contributed by atoms with van der Waals surface area (Å²) < 4.78 is 11.8. The van der Waals surface area contributed by atoms with Crippen LogP contribution in [-0.4, -0.2) is 152 Å². The third-order valence-electron chi connectivity index (χ3n) is 16.2. The molecule has 9 atom stereocenters. The van der Waals surface area contributed by atoms with E-state index in [1.807, 2.05) is 114 Å². The number of hydrogen-bond acceptors (Lipinski definition) is 11. The Morgan fingerprint density at radius 1 is 0.753 bits per heavy atom. The number of methoxy groups -OCH3 is 2. The van der Waals surface area contributed by atoms with Crippen molar-refractivity contribution in [3.63, 3.8) is 0 Å². The summed E-state index contributed by atoms with van der Waals surface area (Å²) in [6.07, 6.45) is 1.20. The molecule has 1 aliphatic heterocycles. The first-order valence-electron chi connectivity index (χ1n) is 28.7. The molecule has 1 aliphatic rings. The minimum absolute atomic E-state index is 0.000484. The van der Waals surface area contributed by atoms with Crippen molar-refractivity contribution in [1.29, 1.82) is 0 Å². The van der Waals surface area contributed by atoms with E-state index in [4.69, 9.17) is 14.5 Å². The molecule has 0 spiro atoms. The Labute approximate surface area is 491 Å². The Balaban J connectivity index is 1.16. The molecular weight excluding hydrogens is 1050 g/mol. The lowest BCUT2D eigenvalue weighted by molar-refractivity contribution is -0.148. The molecule has 5 aromatic rings. The molecule has 1 aromatic heterocycles. The van der Waals surface area contributed by atoms with E-state index < -0.39 is 53.1 Å². The van der Waals surface area contributed by atoms with Crippen LogP contribution in [0.4, 0.5) is 0 Å². The molecule has 4 aromatic carbocycles. The molecule has 0 bridgehead atoms. The van der Waals surface area contributed by atoms with E-state index in [1.165, 1.54) is 11.3 Å². The van der Waals surface area contributed by atoms with E-state index in [-0.39, 0.29) is 53.7 Å². The predicted molar refractivity (Wildman–Crippen MR) is 327 cm³/mol. The number of benzene rings is 4. The topological polar surface area (TPSA) is 154 Å². The molecule has 6 rings (SSSR count). The fraction of sp³-hybridized carbons (Fsp3) is 0.508. The Bertz CT molecular complexity index is 2660. The van der Waals surface area contributed by atoms with E-state index >= 15 is 0 Å².